The molecule has 2 aromatic carbocycles. The Balaban J connectivity index is 1.83. The van der Waals surface area contributed by atoms with Crippen molar-refractivity contribution in [3.63, 3.8) is 0 Å². The fraction of sp³-hybridized carbons (Fsp3) is 0.235. The second-order valence-corrected chi connectivity index (χ2v) is 5.12. The quantitative estimate of drug-likeness (QED) is 0.854. The number of ketones is 1. The zero-order valence-corrected chi connectivity index (χ0v) is 11.2. The Morgan fingerprint density at radius 1 is 1.30 bits per heavy atom. The lowest BCUT2D eigenvalue weighted by molar-refractivity contribution is -0.120. The van der Waals surface area contributed by atoms with Gasteiger partial charge in [0.1, 0.15) is 24.0 Å². The number of benzene rings is 2. The molecule has 0 bridgehead atoms. The Bertz CT molecular complexity index is 664. The van der Waals surface area contributed by atoms with Crippen molar-refractivity contribution in [2.24, 2.45) is 0 Å². The molecule has 0 radical (unpaired) electrons. The highest BCUT2D eigenvalue weighted by atomic mass is 19.1. The van der Waals surface area contributed by atoms with E-state index < -0.39 is 0 Å². The van der Waals surface area contributed by atoms with Crippen LogP contribution in [0.1, 0.15) is 22.6 Å². The highest BCUT2D eigenvalue weighted by Gasteiger charge is 2.29. The van der Waals surface area contributed by atoms with Crippen LogP contribution < -0.4 is 4.74 Å². The summed E-state index contributed by atoms with van der Waals surface area (Å²) in [4.78, 5) is 12.4. The van der Waals surface area contributed by atoms with Crippen molar-refractivity contribution in [2.45, 2.75) is 19.3 Å². The highest BCUT2D eigenvalue weighted by Crippen LogP contribution is 2.34. The van der Waals surface area contributed by atoms with E-state index in [0.29, 0.717) is 6.61 Å². The zero-order valence-electron chi connectivity index (χ0n) is 11.2. The molecule has 0 spiro atoms. The number of fused-ring (bicyclic) bond motifs is 1. The van der Waals surface area contributed by atoms with Crippen molar-refractivity contribution < 1.29 is 13.9 Å². The van der Waals surface area contributed by atoms with E-state index in [2.05, 4.69) is 0 Å². The van der Waals surface area contributed by atoms with Gasteiger partial charge in [0, 0.05) is 12.0 Å². The molecule has 0 saturated carbocycles. The maximum Gasteiger partial charge on any atom is 0.148 e. The first-order valence-electron chi connectivity index (χ1n) is 6.64. The molecule has 3 rings (SSSR count). The Labute approximate surface area is 117 Å². The van der Waals surface area contributed by atoms with Crippen LogP contribution in [0.2, 0.25) is 0 Å². The molecule has 0 aliphatic carbocycles. The van der Waals surface area contributed by atoms with E-state index in [0.717, 1.165) is 22.4 Å². The number of hydrogen-bond acceptors (Lipinski definition) is 2. The van der Waals surface area contributed by atoms with Gasteiger partial charge in [-0.05, 0) is 36.2 Å². The number of halogens is 1. The fourth-order valence-electron chi connectivity index (χ4n) is 2.57. The first-order valence-corrected chi connectivity index (χ1v) is 6.64. The van der Waals surface area contributed by atoms with Crippen LogP contribution >= 0.6 is 0 Å². The Hall–Kier alpha value is -2.16. The minimum absolute atomic E-state index is 0.0728. The van der Waals surface area contributed by atoms with Gasteiger partial charge >= 0.3 is 0 Å². The number of ether oxygens (including phenoxy) is 1. The molecule has 1 heterocycles. The monoisotopic (exact) mass is 270 g/mol. The molecule has 2 nitrogen and oxygen atoms in total. The van der Waals surface area contributed by atoms with Crippen molar-refractivity contribution in [2.75, 3.05) is 6.61 Å². The molecule has 1 unspecified atom stereocenters. The summed E-state index contributed by atoms with van der Waals surface area (Å²) in [7, 11) is 0. The third kappa shape index (κ3) is 2.31. The second kappa shape index (κ2) is 5.08. The minimum Gasteiger partial charge on any atom is -0.492 e. The number of rotatable bonds is 3. The summed E-state index contributed by atoms with van der Waals surface area (Å²) < 4.78 is 18.8. The second-order valence-electron chi connectivity index (χ2n) is 5.12. The fourth-order valence-corrected chi connectivity index (χ4v) is 2.57. The smallest absolute Gasteiger partial charge is 0.148 e. The lowest BCUT2D eigenvalue weighted by Crippen LogP contribution is -2.17. The van der Waals surface area contributed by atoms with E-state index >= 15 is 0 Å². The molecule has 102 valence electrons. The van der Waals surface area contributed by atoms with Gasteiger partial charge in [-0.15, -0.1) is 0 Å². The van der Waals surface area contributed by atoms with Crippen LogP contribution in [0.5, 0.6) is 5.75 Å². The molecule has 1 aliphatic rings. The van der Waals surface area contributed by atoms with Crippen molar-refractivity contribution in [3.8, 4) is 5.75 Å². The summed E-state index contributed by atoms with van der Waals surface area (Å²) in [6, 6.07) is 12.1. The summed E-state index contributed by atoms with van der Waals surface area (Å²) in [6.07, 6.45) is 0.242. The average molecular weight is 270 g/mol. The Morgan fingerprint density at radius 3 is 2.95 bits per heavy atom. The number of aryl methyl sites for hydroxylation is 1. The van der Waals surface area contributed by atoms with E-state index in [1.54, 1.807) is 6.07 Å². The maximum atomic E-state index is 13.3. The van der Waals surface area contributed by atoms with Gasteiger partial charge in [-0.25, -0.2) is 4.39 Å². The van der Waals surface area contributed by atoms with Gasteiger partial charge < -0.3 is 4.74 Å². The highest BCUT2D eigenvalue weighted by molar-refractivity contribution is 5.89. The summed E-state index contributed by atoms with van der Waals surface area (Å²) in [5, 5.41) is 0. The van der Waals surface area contributed by atoms with E-state index in [1.807, 2.05) is 31.2 Å². The maximum absolute atomic E-state index is 13.3. The van der Waals surface area contributed by atoms with Crippen molar-refractivity contribution in [3.05, 3.63) is 65.0 Å². The number of carbonyl (C=O) groups is 1. The molecule has 20 heavy (non-hydrogen) atoms. The SMILES string of the molecule is Cc1ccc(F)cc1CC(=O)C1COc2ccccc21. The van der Waals surface area contributed by atoms with Crippen molar-refractivity contribution in [1.29, 1.82) is 0 Å². The standard InChI is InChI=1S/C17H15FO2/c1-11-6-7-13(18)8-12(11)9-16(19)15-10-20-17-5-3-2-4-14(15)17/h2-8,15H,9-10H2,1H3. The topological polar surface area (TPSA) is 26.3 Å². The molecule has 0 amide bonds. The number of hydrogen-bond donors (Lipinski definition) is 0. The largest absolute Gasteiger partial charge is 0.492 e. The lowest BCUT2D eigenvalue weighted by Gasteiger charge is -2.10. The van der Waals surface area contributed by atoms with Crippen molar-refractivity contribution >= 4 is 5.78 Å². The number of carbonyl (C=O) groups excluding carboxylic acids is 1. The van der Waals surface area contributed by atoms with E-state index in [4.69, 9.17) is 4.74 Å². The molecule has 3 heteroatoms. The molecule has 1 aliphatic heterocycles. The summed E-state index contributed by atoms with van der Waals surface area (Å²) >= 11 is 0. The predicted molar refractivity (Wildman–Crippen MR) is 74.5 cm³/mol. The van der Waals surface area contributed by atoms with Crippen LogP contribution in [0, 0.1) is 12.7 Å². The third-order valence-corrected chi connectivity index (χ3v) is 3.76. The van der Waals surface area contributed by atoms with Gasteiger partial charge in [-0.3, -0.25) is 4.79 Å². The van der Waals surface area contributed by atoms with E-state index in [1.165, 1.54) is 12.1 Å². The van der Waals surface area contributed by atoms with Crippen LogP contribution in [0.15, 0.2) is 42.5 Å². The molecular formula is C17H15FO2. The van der Waals surface area contributed by atoms with E-state index in [9.17, 15) is 9.18 Å². The first-order chi connectivity index (χ1) is 9.65. The van der Waals surface area contributed by atoms with Crippen molar-refractivity contribution in [1.82, 2.24) is 0 Å². The van der Waals surface area contributed by atoms with Crippen LogP contribution in [0.25, 0.3) is 0 Å². The van der Waals surface area contributed by atoms with Gasteiger partial charge in [0.15, 0.2) is 0 Å². The zero-order chi connectivity index (χ0) is 14.1. The van der Waals surface area contributed by atoms with Crippen LogP contribution in [0.4, 0.5) is 4.39 Å². The van der Waals surface area contributed by atoms with Gasteiger partial charge in [0.2, 0.25) is 0 Å². The third-order valence-electron chi connectivity index (χ3n) is 3.76. The number of para-hydroxylation sites is 1. The summed E-state index contributed by atoms with van der Waals surface area (Å²) in [5.41, 5.74) is 2.62. The average Bonchev–Trinajstić information content (AvgIpc) is 2.87. The molecule has 0 N–H and O–H groups in total. The lowest BCUT2D eigenvalue weighted by atomic mass is 9.91. The summed E-state index contributed by atoms with van der Waals surface area (Å²) in [5.74, 6) is 0.306. The Kier molecular flexibility index (Phi) is 3.26. The molecule has 0 fully saturated rings. The Morgan fingerprint density at radius 2 is 2.10 bits per heavy atom. The molecule has 0 aromatic heterocycles. The van der Waals surface area contributed by atoms with Crippen LogP contribution in [-0.4, -0.2) is 12.4 Å². The first kappa shape index (κ1) is 12.9. The van der Waals surface area contributed by atoms with Crippen LogP contribution in [-0.2, 0) is 11.2 Å². The summed E-state index contributed by atoms with van der Waals surface area (Å²) in [6.45, 7) is 2.27. The number of Topliss-reactive ketones (excluding diaryl/α,β-unsaturated/α-hetero) is 1. The predicted octanol–water partition coefficient (Wildman–Crippen LogP) is 3.42. The van der Waals surface area contributed by atoms with E-state index in [-0.39, 0.29) is 23.9 Å². The minimum atomic E-state index is -0.304. The normalized spacial score (nSPS) is 16.6. The molecule has 0 saturated heterocycles. The molecule has 1 atom stereocenters. The van der Waals surface area contributed by atoms with Gasteiger partial charge in [-0.1, -0.05) is 24.3 Å². The van der Waals surface area contributed by atoms with Crippen LogP contribution in [0.3, 0.4) is 0 Å². The van der Waals surface area contributed by atoms with Gasteiger partial charge in [0.05, 0.1) is 5.92 Å². The van der Waals surface area contributed by atoms with Gasteiger partial charge in [0.25, 0.3) is 0 Å². The molecular weight excluding hydrogens is 255 g/mol. The molecule has 2 aromatic rings. The van der Waals surface area contributed by atoms with Gasteiger partial charge in [-0.2, -0.15) is 0 Å².